The van der Waals surface area contributed by atoms with Gasteiger partial charge in [-0.05, 0) is 56.3 Å². The summed E-state index contributed by atoms with van der Waals surface area (Å²) in [7, 11) is 1.79. The number of likely N-dealkylation sites (N-methyl/N-ethyl adjacent to an activating group) is 1. The van der Waals surface area contributed by atoms with E-state index in [0.29, 0.717) is 5.69 Å². The van der Waals surface area contributed by atoms with E-state index < -0.39 is 0 Å². The molecular weight excluding hydrogens is 378 g/mol. The van der Waals surface area contributed by atoms with E-state index in [9.17, 15) is 4.79 Å². The Labute approximate surface area is 176 Å². The molecule has 1 aromatic carbocycles. The second-order valence-corrected chi connectivity index (χ2v) is 8.21. The van der Waals surface area contributed by atoms with Crippen LogP contribution in [0.15, 0.2) is 36.5 Å². The summed E-state index contributed by atoms with van der Waals surface area (Å²) in [5.41, 5.74) is 11.5. The fourth-order valence-corrected chi connectivity index (χ4v) is 4.42. The molecule has 2 aromatic heterocycles. The molecule has 1 amide bonds. The number of carbonyl (C=O) groups is 1. The first kappa shape index (κ1) is 18.9. The van der Waals surface area contributed by atoms with Crippen LogP contribution in [0.2, 0.25) is 0 Å². The number of rotatable bonds is 3. The van der Waals surface area contributed by atoms with Crippen LogP contribution in [0.4, 0.5) is 11.4 Å². The summed E-state index contributed by atoms with van der Waals surface area (Å²) in [5, 5.41) is 0. The predicted octanol–water partition coefficient (Wildman–Crippen LogP) is 3.31. The lowest BCUT2D eigenvalue weighted by Crippen LogP contribution is -2.35. The quantitative estimate of drug-likeness (QED) is 0.723. The van der Waals surface area contributed by atoms with E-state index in [0.717, 1.165) is 53.7 Å². The molecular formula is C23H27N5O2. The summed E-state index contributed by atoms with van der Waals surface area (Å²) in [6.45, 7) is 3.10. The van der Waals surface area contributed by atoms with Crippen molar-refractivity contribution in [2.24, 2.45) is 0 Å². The molecule has 30 heavy (non-hydrogen) atoms. The number of nitrogens with zero attached hydrogens (tertiary/aromatic N) is 4. The summed E-state index contributed by atoms with van der Waals surface area (Å²) in [4.78, 5) is 21.2. The van der Waals surface area contributed by atoms with Crippen LogP contribution < -0.4 is 15.4 Å². The van der Waals surface area contributed by atoms with E-state index in [1.54, 1.807) is 11.9 Å². The van der Waals surface area contributed by atoms with Gasteiger partial charge in [-0.3, -0.25) is 9.69 Å². The maximum Gasteiger partial charge on any atom is 0.264 e. The molecule has 0 spiro atoms. The maximum absolute atomic E-state index is 12.1. The molecule has 2 aliphatic heterocycles. The standard InChI is InChI=1S/C23H27N5O2/c1-26-18-12-16(6-8-20(18)30-15-22(26)29)23-19(14-27-10-4-2-3-5-11-27)28-13-17(24)7-9-21(28)25-23/h6-9,12-13H,2-5,10-11,14-15,24H2,1H3. The number of fused-ring (bicyclic) bond motifs is 2. The van der Waals surface area contributed by atoms with Crippen LogP contribution in [0, 0.1) is 0 Å². The summed E-state index contributed by atoms with van der Waals surface area (Å²) >= 11 is 0. The molecule has 2 aliphatic rings. The molecule has 0 atom stereocenters. The summed E-state index contributed by atoms with van der Waals surface area (Å²) in [6.07, 6.45) is 7.02. The third kappa shape index (κ3) is 3.39. The lowest BCUT2D eigenvalue weighted by Gasteiger charge is -2.26. The molecule has 7 heteroatoms. The smallest absolute Gasteiger partial charge is 0.264 e. The number of nitrogens with two attached hydrogens (primary N) is 1. The number of nitrogen functional groups attached to an aromatic ring is 1. The van der Waals surface area contributed by atoms with Crippen LogP contribution in [0.5, 0.6) is 5.75 Å². The van der Waals surface area contributed by atoms with Crippen molar-refractivity contribution >= 4 is 22.9 Å². The third-order valence-corrected chi connectivity index (χ3v) is 6.13. The largest absolute Gasteiger partial charge is 0.482 e. The van der Waals surface area contributed by atoms with Gasteiger partial charge in [0, 0.05) is 31.0 Å². The van der Waals surface area contributed by atoms with Gasteiger partial charge in [-0.15, -0.1) is 0 Å². The fraction of sp³-hybridized carbons (Fsp3) is 0.391. The molecule has 2 N–H and O–H groups in total. The monoisotopic (exact) mass is 405 g/mol. The normalized spacial score (nSPS) is 17.6. The second kappa shape index (κ2) is 7.65. The second-order valence-electron chi connectivity index (χ2n) is 8.21. The molecule has 0 unspecified atom stereocenters. The highest BCUT2D eigenvalue weighted by molar-refractivity contribution is 5.98. The Morgan fingerprint density at radius 3 is 2.70 bits per heavy atom. The zero-order valence-electron chi connectivity index (χ0n) is 17.3. The third-order valence-electron chi connectivity index (χ3n) is 6.13. The van der Waals surface area contributed by atoms with Crippen molar-refractivity contribution in [2.45, 2.75) is 32.2 Å². The number of hydrogen-bond acceptors (Lipinski definition) is 5. The molecule has 156 valence electrons. The molecule has 7 nitrogen and oxygen atoms in total. The van der Waals surface area contributed by atoms with E-state index in [1.807, 2.05) is 36.5 Å². The van der Waals surface area contributed by atoms with Crippen molar-refractivity contribution in [1.29, 1.82) is 0 Å². The van der Waals surface area contributed by atoms with E-state index in [1.165, 1.54) is 25.7 Å². The number of ether oxygens (including phenoxy) is 1. The average Bonchev–Trinajstić information content (AvgIpc) is 2.91. The van der Waals surface area contributed by atoms with E-state index in [2.05, 4.69) is 9.30 Å². The highest BCUT2D eigenvalue weighted by Gasteiger charge is 2.24. The van der Waals surface area contributed by atoms with E-state index in [4.69, 9.17) is 15.5 Å². The number of carbonyl (C=O) groups excluding carboxylic acids is 1. The Balaban J connectivity index is 1.61. The number of imidazole rings is 1. The molecule has 1 saturated heterocycles. The van der Waals surface area contributed by atoms with Gasteiger partial charge in [0.25, 0.3) is 5.91 Å². The van der Waals surface area contributed by atoms with Crippen LogP contribution in [0.1, 0.15) is 31.4 Å². The van der Waals surface area contributed by atoms with Gasteiger partial charge in [-0.2, -0.15) is 0 Å². The number of anilines is 2. The average molecular weight is 406 g/mol. The van der Waals surface area contributed by atoms with Gasteiger partial charge in [0.05, 0.1) is 17.1 Å². The summed E-state index contributed by atoms with van der Waals surface area (Å²) in [5.74, 6) is 0.676. The van der Waals surface area contributed by atoms with Crippen LogP contribution in [0.3, 0.4) is 0 Å². The van der Waals surface area contributed by atoms with Crippen LogP contribution in [-0.4, -0.2) is 46.9 Å². The highest BCUT2D eigenvalue weighted by atomic mass is 16.5. The van der Waals surface area contributed by atoms with Crippen molar-refractivity contribution in [3.05, 3.63) is 42.2 Å². The predicted molar refractivity (Wildman–Crippen MR) is 118 cm³/mol. The van der Waals surface area contributed by atoms with Crippen molar-refractivity contribution in [3.8, 4) is 17.0 Å². The molecule has 1 fully saturated rings. The molecule has 0 saturated carbocycles. The van der Waals surface area contributed by atoms with Gasteiger partial charge in [0.15, 0.2) is 6.61 Å². The lowest BCUT2D eigenvalue weighted by molar-refractivity contribution is -0.120. The van der Waals surface area contributed by atoms with Gasteiger partial charge in [-0.1, -0.05) is 12.8 Å². The molecule has 0 bridgehead atoms. The first-order valence-electron chi connectivity index (χ1n) is 10.6. The molecule has 3 aromatic rings. The van der Waals surface area contributed by atoms with Gasteiger partial charge < -0.3 is 19.8 Å². The number of benzene rings is 1. The first-order chi connectivity index (χ1) is 14.6. The lowest BCUT2D eigenvalue weighted by atomic mass is 10.1. The number of hydrogen-bond donors (Lipinski definition) is 1. The maximum atomic E-state index is 12.1. The molecule has 5 rings (SSSR count). The topological polar surface area (TPSA) is 76.1 Å². The minimum Gasteiger partial charge on any atom is -0.482 e. The van der Waals surface area contributed by atoms with Crippen molar-refractivity contribution in [3.63, 3.8) is 0 Å². The number of likely N-dealkylation sites (tertiary alicyclic amines) is 1. The molecule has 4 heterocycles. The van der Waals surface area contributed by atoms with Crippen molar-refractivity contribution < 1.29 is 9.53 Å². The Bertz CT molecular complexity index is 1100. The SMILES string of the molecule is CN1C(=O)COc2ccc(-c3nc4ccc(N)cn4c3CN3CCCCCC3)cc21. The van der Waals surface area contributed by atoms with Gasteiger partial charge in [-0.25, -0.2) is 4.98 Å². The first-order valence-corrected chi connectivity index (χ1v) is 10.6. The molecule has 0 aliphatic carbocycles. The summed E-state index contributed by atoms with van der Waals surface area (Å²) in [6, 6.07) is 9.81. The number of pyridine rings is 1. The van der Waals surface area contributed by atoms with Gasteiger partial charge >= 0.3 is 0 Å². The summed E-state index contributed by atoms with van der Waals surface area (Å²) < 4.78 is 7.71. The fourth-order valence-electron chi connectivity index (χ4n) is 4.42. The number of aromatic nitrogens is 2. The Morgan fingerprint density at radius 1 is 1.10 bits per heavy atom. The highest BCUT2D eigenvalue weighted by Crippen LogP contribution is 2.36. The van der Waals surface area contributed by atoms with Gasteiger partial charge in [0.1, 0.15) is 11.4 Å². The minimum absolute atomic E-state index is 0.0489. The zero-order chi connectivity index (χ0) is 20.7. The number of amides is 1. The Kier molecular flexibility index (Phi) is 4.83. The zero-order valence-corrected chi connectivity index (χ0v) is 17.3. The van der Waals surface area contributed by atoms with Crippen LogP contribution >= 0.6 is 0 Å². The van der Waals surface area contributed by atoms with E-state index >= 15 is 0 Å². The van der Waals surface area contributed by atoms with Gasteiger partial charge in [0.2, 0.25) is 0 Å². The Hall–Kier alpha value is -3.06. The minimum atomic E-state index is -0.0489. The van der Waals surface area contributed by atoms with E-state index in [-0.39, 0.29) is 12.5 Å². The van der Waals surface area contributed by atoms with Crippen LogP contribution in [-0.2, 0) is 11.3 Å². The molecule has 0 radical (unpaired) electrons. The van der Waals surface area contributed by atoms with Crippen LogP contribution in [0.25, 0.3) is 16.9 Å². The van der Waals surface area contributed by atoms with Crippen molar-refractivity contribution in [2.75, 3.05) is 37.4 Å². The Morgan fingerprint density at radius 2 is 1.90 bits per heavy atom. The van der Waals surface area contributed by atoms with Crippen molar-refractivity contribution in [1.82, 2.24) is 14.3 Å².